The Morgan fingerprint density at radius 1 is 1.35 bits per heavy atom. The molecule has 2 heterocycles. The number of amides is 2. The smallest absolute Gasteiger partial charge is 0.338 e. The zero-order valence-corrected chi connectivity index (χ0v) is 14.1. The molecule has 0 spiro atoms. The Hall–Kier alpha value is -2.84. The van der Waals surface area contributed by atoms with Crippen LogP contribution in [0.1, 0.15) is 24.6 Å². The lowest BCUT2D eigenvalue weighted by Crippen LogP contribution is -2.44. The zero-order chi connectivity index (χ0) is 19.1. The molecule has 26 heavy (non-hydrogen) atoms. The molecular weight excluding hydrogens is 351 g/mol. The molecule has 1 aromatic carbocycles. The largest absolute Gasteiger partial charge is 0.416 e. The maximum atomic E-state index is 12.9. The quantitative estimate of drug-likeness (QED) is 0.836. The van der Waals surface area contributed by atoms with Gasteiger partial charge >= 0.3 is 6.18 Å². The Bertz CT molecular complexity index is 847. The molecule has 1 saturated heterocycles. The Kier molecular flexibility index (Phi) is 4.47. The number of alkyl halides is 3. The van der Waals surface area contributed by atoms with Gasteiger partial charge in [-0.2, -0.15) is 13.2 Å². The van der Waals surface area contributed by atoms with E-state index in [4.69, 9.17) is 4.52 Å². The second-order valence-corrected chi connectivity index (χ2v) is 6.04. The normalized spacial score (nSPS) is 17.7. The number of benzene rings is 1. The van der Waals surface area contributed by atoms with Crippen molar-refractivity contribution in [2.75, 3.05) is 16.3 Å². The summed E-state index contributed by atoms with van der Waals surface area (Å²) in [7, 11) is 0. The van der Waals surface area contributed by atoms with Gasteiger partial charge in [-0.3, -0.25) is 14.5 Å². The van der Waals surface area contributed by atoms with Crippen molar-refractivity contribution in [3.8, 4) is 0 Å². The maximum Gasteiger partial charge on any atom is 0.416 e. The predicted octanol–water partition coefficient (Wildman–Crippen LogP) is 3.16. The number of carbonyl (C=O) groups is 2. The second-order valence-electron chi connectivity index (χ2n) is 6.04. The van der Waals surface area contributed by atoms with Gasteiger partial charge in [-0.25, -0.2) is 0 Å². The van der Waals surface area contributed by atoms with E-state index in [-0.39, 0.29) is 24.5 Å². The summed E-state index contributed by atoms with van der Waals surface area (Å²) < 4.78 is 43.8. The van der Waals surface area contributed by atoms with Gasteiger partial charge in [0.05, 0.1) is 11.3 Å². The first-order valence-electron chi connectivity index (χ1n) is 7.90. The molecule has 1 unspecified atom stereocenters. The van der Waals surface area contributed by atoms with Crippen LogP contribution in [0.4, 0.5) is 24.7 Å². The van der Waals surface area contributed by atoms with E-state index in [9.17, 15) is 22.8 Å². The molecule has 0 N–H and O–H groups in total. The van der Waals surface area contributed by atoms with E-state index in [2.05, 4.69) is 5.16 Å². The SMILES string of the molecule is CC(=O)N(c1cc(C)no1)C1CCN(c2cccc(C(F)(F)F)c2)C1=O. The van der Waals surface area contributed by atoms with E-state index in [1.165, 1.54) is 34.9 Å². The van der Waals surface area contributed by atoms with E-state index in [1.807, 2.05) is 0 Å². The summed E-state index contributed by atoms with van der Waals surface area (Å²) in [6.07, 6.45) is -4.23. The number of rotatable bonds is 3. The van der Waals surface area contributed by atoms with Crippen molar-refractivity contribution < 1.29 is 27.3 Å². The minimum absolute atomic E-state index is 0.138. The van der Waals surface area contributed by atoms with Crippen molar-refractivity contribution in [2.24, 2.45) is 0 Å². The van der Waals surface area contributed by atoms with Crippen molar-refractivity contribution in [3.63, 3.8) is 0 Å². The molecule has 1 aliphatic rings. The van der Waals surface area contributed by atoms with Crippen LogP contribution in [-0.4, -0.2) is 29.6 Å². The second kappa shape index (κ2) is 6.47. The molecule has 1 aliphatic heterocycles. The van der Waals surface area contributed by atoms with Gasteiger partial charge in [0, 0.05) is 25.2 Å². The van der Waals surface area contributed by atoms with Gasteiger partial charge in [0.25, 0.3) is 0 Å². The van der Waals surface area contributed by atoms with Gasteiger partial charge in [-0.1, -0.05) is 11.2 Å². The lowest BCUT2D eigenvalue weighted by Gasteiger charge is -2.24. The van der Waals surface area contributed by atoms with Crippen LogP contribution in [0.15, 0.2) is 34.9 Å². The fraction of sp³-hybridized carbons (Fsp3) is 0.353. The van der Waals surface area contributed by atoms with Crippen LogP contribution < -0.4 is 9.80 Å². The third-order valence-corrected chi connectivity index (χ3v) is 4.17. The molecule has 1 atom stereocenters. The summed E-state index contributed by atoms with van der Waals surface area (Å²) in [5.41, 5.74) is -0.142. The minimum atomic E-state index is -4.50. The molecule has 2 amide bonds. The van der Waals surface area contributed by atoms with Crippen molar-refractivity contribution in [2.45, 2.75) is 32.5 Å². The number of hydrogen-bond acceptors (Lipinski definition) is 4. The van der Waals surface area contributed by atoms with Crippen LogP contribution in [0.25, 0.3) is 0 Å². The van der Waals surface area contributed by atoms with Gasteiger partial charge < -0.3 is 9.42 Å². The number of halogens is 3. The van der Waals surface area contributed by atoms with Crippen molar-refractivity contribution in [1.29, 1.82) is 0 Å². The molecular formula is C17H16F3N3O3. The monoisotopic (exact) mass is 367 g/mol. The van der Waals surface area contributed by atoms with E-state index in [1.54, 1.807) is 6.92 Å². The molecule has 3 rings (SSSR count). The van der Waals surface area contributed by atoms with Gasteiger partial charge in [0.15, 0.2) is 0 Å². The highest BCUT2D eigenvalue weighted by atomic mass is 19.4. The number of anilines is 2. The average molecular weight is 367 g/mol. The highest BCUT2D eigenvalue weighted by Crippen LogP contribution is 2.34. The van der Waals surface area contributed by atoms with E-state index in [0.717, 1.165) is 12.1 Å². The minimum Gasteiger partial charge on any atom is -0.338 e. The lowest BCUT2D eigenvalue weighted by atomic mass is 10.2. The maximum absolute atomic E-state index is 12.9. The van der Waals surface area contributed by atoms with Gasteiger partial charge in [-0.15, -0.1) is 0 Å². The Morgan fingerprint density at radius 2 is 2.08 bits per heavy atom. The standard InChI is InChI=1S/C17H16F3N3O3/c1-10-8-15(26-21-10)23(11(2)24)14-6-7-22(16(14)25)13-5-3-4-12(9-13)17(18,19)20/h3-5,8-9,14H,6-7H2,1-2H3. The van der Waals surface area contributed by atoms with Gasteiger partial charge in [0.2, 0.25) is 17.7 Å². The number of carbonyl (C=O) groups excluding carboxylic acids is 2. The van der Waals surface area contributed by atoms with Crippen molar-refractivity contribution >= 4 is 23.4 Å². The fourth-order valence-electron chi connectivity index (χ4n) is 3.00. The molecule has 2 aromatic rings. The van der Waals surface area contributed by atoms with Crippen LogP contribution in [0, 0.1) is 6.92 Å². The Morgan fingerprint density at radius 3 is 2.65 bits per heavy atom. The van der Waals surface area contributed by atoms with Crippen LogP contribution in [0.2, 0.25) is 0 Å². The highest BCUT2D eigenvalue weighted by molar-refractivity contribution is 6.06. The summed E-state index contributed by atoms with van der Waals surface area (Å²) in [5, 5.41) is 3.71. The summed E-state index contributed by atoms with van der Waals surface area (Å²) in [5.74, 6) is -0.738. The first-order chi connectivity index (χ1) is 12.2. The summed E-state index contributed by atoms with van der Waals surface area (Å²) in [4.78, 5) is 27.3. The van der Waals surface area contributed by atoms with Crippen molar-refractivity contribution in [3.05, 3.63) is 41.6 Å². The van der Waals surface area contributed by atoms with Crippen LogP contribution in [0.3, 0.4) is 0 Å². The van der Waals surface area contributed by atoms with E-state index >= 15 is 0 Å². The van der Waals surface area contributed by atoms with Crippen LogP contribution in [0.5, 0.6) is 0 Å². The summed E-state index contributed by atoms with van der Waals surface area (Å²) >= 11 is 0. The number of aromatic nitrogens is 1. The first kappa shape index (κ1) is 18.0. The summed E-state index contributed by atoms with van der Waals surface area (Å²) in [6, 6.07) is 5.24. The zero-order valence-electron chi connectivity index (χ0n) is 14.1. The fourth-order valence-corrected chi connectivity index (χ4v) is 3.00. The molecule has 6 nitrogen and oxygen atoms in total. The van der Waals surface area contributed by atoms with Crippen LogP contribution in [-0.2, 0) is 15.8 Å². The molecule has 0 aliphatic carbocycles. The molecule has 1 aromatic heterocycles. The number of aryl methyl sites for hydroxylation is 1. The van der Waals surface area contributed by atoms with Crippen LogP contribution >= 0.6 is 0 Å². The molecule has 138 valence electrons. The number of nitrogens with zero attached hydrogens (tertiary/aromatic N) is 3. The molecule has 9 heteroatoms. The molecule has 0 radical (unpaired) electrons. The molecule has 0 saturated carbocycles. The highest BCUT2D eigenvalue weighted by Gasteiger charge is 2.40. The molecule has 1 fully saturated rings. The third kappa shape index (κ3) is 3.29. The molecule has 0 bridgehead atoms. The van der Waals surface area contributed by atoms with E-state index in [0.29, 0.717) is 5.69 Å². The predicted molar refractivity (Wildman–Crippen MR) is 86.6 cm³/mol. The lowest BCUT2D eigenvalue weighted by molar-refractivity contribution is -0.137. The Labute approximate surface area is 147 Å². The Balaban J connectivity index is 1.89. The number of hydrogen-bond donors (Lipinski definition) is 0. The van der Waals surface area contributed by atoms with Crippen molar-refractivity contribution in [1.82, 2.24) is 5.16 Å². The first-order valence-corrected chi connectivity index (χ1v) is 7.90. The van der Waals surface area contributed by atoms with E-state index < -0.39 is 29.6 Å². The van der Waals surface area contributed by atoms with Gasteiger partial charge in [-0.05, 0) is 31.5 Å². The summed E-state index contributed by atoms with van der Waals surface area (Å²) in [6.45, 7) is 3.16. The topological polar surface area (TPSA) is 66.7 Å². The van der Waals surface area contributed by atoms with Gasteiger partial charge in [0.1, 0.15) is 6.04 Å². The average Bonchev–Trinajstić information content (AvgIpc) is 3.14. The third-order valence-electron chi connectivity index (χ3n) is 4.17.